The van der Waals surface area contributed by atoms with Crippen molar-refractivity contribution in [1.82, 2.24) is 4.98 Å². The summed E-state index contributed by atoms with van der Waals surface area (Å²) in [6.45, 7) is 0. The summed E-state index contributed by atoms with van der Waals surface area (Å²) in [5.74, 6) is 0.173. The second-order valence-electron chi connectivity index (χ2n) is 5.04. The summed E-state index contributed by atoms with van der Waals surface area (Å²) in [5, 5.41) is 10.7. The maximum Gasteiger partial charge on any atom is 0.149 e. The monoisotopic (exact) mass is 245 g/mol. The third-order valence-electron chi connectivity index (χ3n) is 3.80. The summed E-state index contributed by atoms with van der Waals surface area (Å²) in [7, 11) is 0. The molecule has 0 spiro atoms. The van der Waals surface area contributed by atoms with Crippen LogP contribution >= 0.6 is 0 Å². The van der Waals surface area contributed by atoms with Gasteiger partial charge in [0, 0.05) is 11.3 Å². The third-order valence-corrected chi connectivity index (χ3v) is 3.80. The van der Waals surface area contributed by atoms with Crippen LogP contribution in [0, 0.1) is 5.82 Å². The van der Waals surface area contributed by atoms with E-state index in [0.717, 1.165) is 12.8 Å². The highest BCUT2D eigenvalue weighted by Crippen LogP contribution is 2.37. The van der Waals surface area contributed by atoms with E-state index in [1.54, 1.807) is 18.2 Å². The maximum absolute atomic E-state index is 13.7. The zero-order valence-electron chi connectivity index (χ0n) is 10.2. The van der Waals surface area contributed by atoms with Crippen LogP contribution in [0.2, 0.25) is 0 Å². The number of rotatable bonds is 1. The maximum atomic E-state index is 13.7. The van der Waals surface area contributed by atoms with Gasteiger partial charge in [0.2, 0.25) is 0 Å². The van der Waals surface area contributed by atoms with E-state index < -0.39 is 0 Å². The molecule has 0 atom stereocenters. The molecule has 1 aromatic carbocycles. The zero-order valence-corrected chi connectivity index (χ0v) is 10.2. The Morgan fingerprint density at radius 3 is 2.72 bits per heavy atom. The predicted octanol–water partition coefficient (Wildman–Crippen LogP) is 4.13. The number of hydrogen-bond donors (Lipinski definition) is 1. The van der Waals surface area contributed by atoms with Crippen LogP contribution in [0.1, 0.15) is 43.7 Å². The minimum atomic E-state index is -0.315. The fraction of sp³-hybridized carbons (Fsp3) is 0.400. The van der Waals surface area contributed by atoms with Crippen LogP contribution in [0.3, 0.4) is 0 Å². The first-order valence-electron chi connectivity index (χ1n) is 6.54. The summed E-state index contributed by atoms with van der Waals surface area (Å²) in [4.78, 5) is 4.37. The van der Waals surface area contributed by atoms with Gasteiger partial charge in [-0.05, 0) is 25.0 Å². The van der Waals surface area contributed by atoms with Crippen LogP contribution in [0.5, 0.6) is 5.75 Å². The van der Waals surface area contributed by atoms with Gasteiger partial charge in [-0.15, -0.1) is 0 Å². The molecule has 2 nitrogen and oxygen atoms in total. The van der Waals surface area contributed by atoms with Gasteiger partial charge in [-0.25, -0.2) is 9.37 Å². The molecule has 1 aromatic heterocycles. The van der Waals surface area contributed by atoms with Crippen LogP contribution in [0.25, 0.3) is 10.9 Å². The highest BCUT2D eigenvalue weighted by Gasteiger charge is 2.21. The lowest BCUT2D eigenvalue weighted by atomic mass is 9.86. The van der Waals surface area contributed by atoms with Gasteiger partial charge in [-0.3, -0.25) is 0 Å². The van der Waals surface area contributed by atoms with Crippen molar-refractivity contribution < 1.29 is 9.50 Å². The lowest BCUT2D eigenvalue weighted by Crippen LogP contribution is -2.07. The summed E-state index contributed by atoms with van der Waals surface area (Å²) >= 11 is 0. The van der Waals surface area contributed by atoms with Gasteiger partial charge in [0.1, 0.15) is 17.1 Å². The number of aromatic nitrogens is 1. The van der Waals surface area contributed by atoms with Crippen molar-refractivity contribution in [2.45, 2.75) is 38.0 Å². The second kappa shape index (κ2) is 4.56. The molecule has 1 aliphatic rings. The van der Waals surface area contributed by atoms with Crippen molar-refractivity contribution in [3.63, 3.8) is 0 Å². The molecule has 1 fully saturated rings. The normalized spacial score (nSPS) is 17.2. The largest absolute Gasteiger partial charge is 0.506 e. The molecule has 3 heteroatoms. The second-order valence-corrected chi connectivity index (χ2v) is 5.04. The molecule has 0 radical (unpaired) electrons. The molecule has 1 aliphatic carbocycles. The molecule has 2 aromatic rings. The summed E-state index contributed by atoms with van der Waals surface area (Å²) < 4.78 is 13.7. The van der Waals surface area contributed by atoms with Crippen molar-refractivity contribution in [2.75, 3.05) is 0 Å². The Morgan fingerprint density at radius 1 is 1.17 bits per heavy atom. The Kier molecular flexibility index (Phi) is 2.90. The van der Waals surface area contributed by atoms with Gasteiger partial charge in [0.25, 0.3) is 0 Å². The molecule has 0 amide bonds. The predicted molar refractivity (Wildman–Crippen MR) is 69.2 cm³/mol. The fourth-order valence-corrected chi connectivity index (χ4v) is 2.84. The Morgan fingerprint density at radius 2 is 1.94 bits per heavy atom. The molecule has 0 saturated heterocycles. The summed E-state index contributed by atoms with van der Waals surface area (Å²) in [6, 6.07) is 6.46. The van der Waals surface area contributed by atoms with E-state index in [1.165, 1.54) is 25.3 Å². The van der Waals surface area contributed by atoms with E-state index in [9.17, 15) is 9.50 Å². The topological polar surface area (TPSA) is 33.1 Å². The first-order chi connectivity index (χ1) is 8.75. The molecule has 0 bridgehead atoms. The molecular formula is C15H16FNO. The van der Waals surface area contributed by atoms with E-state index in [1.807, 2.05) is 0 Å². The summed E-state index contributed by atoms with van der Waals surface area (Å²) in [6.07, 6.45) is 5.67. The molecule has 0 unspecified atom stereocenters. The SMILES string of the molecule is Oc1cc2cccc(F)c2nc1C1CCCCC1. The number of hydrogen-bond acceptors (Lipinski definition) is 2. The molecule has 18 heavy (non-hydrogen) atoms. The van der Waals surface area contributed by atoms with Crippen molar-refractivity contribution >= 4 is 10.9 Å². The molecule has 3 rings (SSSR count). The van der Waals surface area contributed by atoms with Gasteiger partial charge >= 0.3 is 0 Å². The Labute approximate surface area is 105 Å². The van der Waals surface area contributed by atoms with Crippen LogP contribution < -0.4 is 0 Å². The Balaban J connectivity index is 2.11. The highest BCUT2D eigenvalue weighted by atomic mass is 19.1. The van der Waals surface area contributed by atoms with Gasteiger partial charge in [-0.2, -0.15) is 0 Å². The number of para-hydroxylation sites is 1. The van der Waals surface area contributed by atoms with Crippen molar-refractivity contribution in [3.8, 4) is 5.75 Å². The van der Waals surface area contributed by atoms with E-state index in [-0.39, 0.29) is 17.5 Å². The molecule has 1 N–H and O–H groups in total. The molecule has 1 heterocycles. The van der Waals surface area contributed by atoms with E-state index in [4.69, 9.17) is 0 Å². The highest BCUT2D eigenvalue weighted by molar-refractivity contribution is 5.80. The number of benzene rings is 1. The number of nitrogens with zero attached hydrogens (tertiary/aromatic N) is 1. The van der Waals surface area contributed by atoms with Crippen LogP contribution in [0.4, 0.5) is 4.39 Å². The fourth-order valence-electron chi connectivity index (χ4n) is 2.84. The Hall–Kier alpha value is -1.64. The van der Waals surface area contributed by atoms with E-state index in [2.05, 4.69) is 4.98 Å². The molecule has 94 valence electrons. The van der Waals surface area contributed by atoms with Crippen molar-refractivity contribution in [2.24, 2.45) is 0 Å². The minimum absolute atomic E-state index is 0.208. The smallest absolute Gasteiger partial charge is 0.149 e. The average molecular weight is 245 g/mol. The first kappa shape index (κ1) is 11.5. The van der Waals surface area contributed by atoms with Gasteiger partial charge in [0.05, 0.1) is 5.69 Å². The van der Waals surface area contributed by atoms with Gasteiger partial charge in [0.15, 0.2) is 0 Å². The molecular weight excluding hydrogens is 229 g/mol. The van der Waals surface area contributed by atoms with Crippen LogP contribution in [-0.4, -0.2) is 10.1 Å². The van der Waals surface area contributed by atoms with Crippen LogP contribution in [0.15, 0.2) is 24.3 Å². The Bertz CT molecular complexity index is 576. The quantitative estimate of drug-likeness (QED) is 0.819. The average Bonchev–Trinajstić information content (AvgIpc) is 2.39. The number of halogens is 1. The van der Waals surface area contributed by atoms with Crippen molar-refractivity contribution in [1.29, 1.82) is 0 Å². The standard InChI is InChI=1S/C15H16FNO/c16-12-8-4-7-11-9-13(18)15(17-14(11)12)10-5-2-1-3-6-10/h4,7-10,18H,1-3,5-6H2. The number of fused-ring (bicyclic) bond motifs is 1. The van der Waals surface area contributed by atoms with Gasteiger partial charge < -0.3 is 5.11 Å². The molecule has 1 saturated carbocycles. The lowest BCUT2D eigenvalue weighted by Gasteiger charge is -2.22. The third kappa shape index (κ3) is 1.94. The van der Waals surface area contributed by atoms with E-state index >= 15 is 0 Å². The van der Waals surface area contributed by atoms with E-state index in [0.29, 0.717) is 16.6 Å². The van der Waals surface area contributed by atoms with Crippen LogP contribution in [-0.2, 0) is 0 Å². The lowest BCUT2D eigenvalue weighted by molar-refractivity contribution is 0.407. The number of pyridine rings is 1. The summed E-state index contributed by atoms with van der Waals surface area (Å²) in [5.41, 5.74) is 1.04. The van der Waals surface area contributed by atoms with Crippen molar-refractivity contribution in [3.05, 3.63) is 35.8 Å². The zero-order chi connectivity index (χ0) is 12.5. The number of aromatic hydroxyl groups is 1. The minimum Gasteiger partial charge on any atom is -0.506 e. The first-order valence-corrected chi connectivity index (χ1v) is 6.54. The molecule has 0 aliphatic heterocycles. The van der Waals surface area contributed by atoms with Gasteiger partial charge in [-0.1, -0.05) is 31.4 Å².